The molecule has 0 unspecified atom stereocenters. The molecule has 1 N–H and O–H groups in total. The first-order chi connectivity index (χ1) is 7.27. The van der Waals surface area contributed by atoms with E-state index in [0.29, 0.717) is 0 Å². The van der Waals surface area contributed by atoms with E-state index in [1.807, 2.05) is 25.1 Å². The highest BCUT2D eigenvalue weighted by Gasteiger charge is 2.02. The van der Waals surface area contributed by atoms with Crippen LogP contribution in [0.3, 0.4) is 0 Å². The maximum absolute atomic E-state index is 4.23. The van der Waals surface area contributed by atoms with E-state index < -0.39 is 0 Å². The lowest BCUT2D eigenvalue weighted by Crippen LogP contribution is -1.96. The Balaban J connectivity index is 2.30. The summed E-state index contributed by atoms with van der Waals surface area (Å²) in [5.41, 5.74) is 2.11. The van der Waals surface area contributed by atoms with Gasteiger partial charge in [-0.05, 0) is 46.6 Å². The van der Waals surface area contributed by atoms with Crippen molar-refractivity contribution in [3.63, 3.8) is 0 Å². The lowest BCUT2D eigenvalue weighted by atomic mass is 10.2. The molecule has 0 amide bonds. The minimum Gasteiger partial charge on any atom is -0.338 e. The molecule has 2 heterocycles. The van der Waals surface area contributed by atoms with Crippen molar-refractivity contribution in [2.24, 2.45) is 0 Å². The van der Waals surface area contributed by atoms with Crippen LogP contribution in [0.2, 0.25) is 0 Å². The predicted molar refractivity (Wildman–Crippen MR) is 64.2 cm³/mol. The molecule has 0 bridgehead atoms. The Bertz CT molecular complexity index is 427. The van der Waals surface area contributed by atoms with Crippen LogP contribution >= 0.6 is 15.9 Å². The predicted octanol–water partition coefficient (Wildman–Crippen LogP) is 3.29. The van der Waals surface area contributed by atoms with E-state index in [-0.39, 0.29) is 0 Å². The average Bonchev–Trinajstić information content (AvgIpc) is 2.24. The molecule has 0 aromatic carbocycles. The highest BCUT2D eigenvalue weighted by Crippen LogP contribution is 2.23. The van der Waals surface area contributed by atoms with E-state index in [2.05, 4.69) is 31.2 Å². The molecule has 0 spiro atoms. The van der Waals surface area contributed by atoms with Gasteiger partial charge in [0.25, 0.3) is 0 Å². The number of halogens is 1. The van der Waals surface area contributed by atoms with Crippen LogP contribution in [0, 0.1) is 6.92 Å². The molecule has 0 radical (unpaired) electrons. The molecule has 0 saturated carbocycles. The van der Waals surface area contributed by atoms with Crippen molar-refractivity contribution < 1.29 is 0 Å². The van der Waals surface area contributed by atoms with Crippen LogP contribution in [0.5, 0.6) is 0 Å². The molecule has 4 heteroatoms. The maximum atomic E-state index is 4.23. The Morgan fingerprint density at radius 1 is 1.27 bits per heavy atom. The molecule has 76 valence electrons. The lowest BCUT2D eigenvalue weighted by Gasteiger charge is -2.08. The van der Waals surface area contributed by atoms with Gasteiger partial charge < -0.3 is 5.32 Å². The van der Waals surface area contributed by atoms with Crippen molar-refractivity contribution in [2.45, 2.75) is 6.92 Å². The summed E-state index contributed by atoms with van der Waals surface area (Å²) in [5.74, 6) is 0.800. The van der Waals surface area contributed by atoms with Gasteiger partial charge >= 0.3 is 0 Å². The third-order valence-electron chi connectivity index (χ3n) is 2.05. The second-order valence-electron chi connectivity index (χ2n) is 3.15. The first kappa shape index (κ1) is 10.1. The SMILES string of the molecule is Cc1ccncc1Nc1ncccc1Br. The molecule has 0 saturated heterocycles. The number of hydrogen-bond donors (Lipinski definition) is 1. The Kier molecular flexibility index (Phi) is 2.97. The Hall–Kier alpha value is -1.42. The quantitative estimate of drug-likeness (QED) is 0.904. The van der Waals surface area contributed by atoms with Gasteiger partial charge in [0, 0.05) is 12.4 Å². The van der Waals surface area contributed by atoms with E-state index >= 15 is 0 Å². The fourth-order valence-electron chi connectivity index (χ4n) is 1.20. The molecule has 3 nitrogen and oxygen atoms in total. The largest absolute Gasteiger partial charge is 0.338 e. The van der Waals surface area contributed by atoms with Crippen molar-refractivity contribution in [3.8, 4) is 0 Å². The zero-order valence-corrected chi connectivity index (χ0v) is 9.82. The normalized spacial score (nSPS) is 10.0. The second kappa shape index (κ2) is 4.40. The van der Waals surface area contributed by atoms with E-state index in [1.165, 1.54) is 0 Å². The summed E-state index contributed by atoms with van der Waals surface area (Å²) in [4.78, 5) is 8.29. The number of pyridine rings is 2. The van der Waals surface area contributed by atoms with E-state index in [0.717, 1.165) is 21.5 Å². The molecule has 15 heavy (non-hydrogen) atoms. The number of anilines is 2. The van der Waals surface area contributed by atoms with Gasteiger partial charge in [-0.3, -0.25) is 4.98 Å². The van der Waals surface area contributed by atoms with Crippen LogP contribution in [0.15, 0.2) is 41.3 Å². The van der Waals surface area contributed by atoms with Crippen LogP contribution in [0.1, 0.15) is 5.56 Å². The smallest absolute Gasteiger partial charge is 0.144 e. The van der Waals surface area contributed by atoms with Crippen LogP contribution in [0.4, 0.5) is 11.5 Å². The molecule has 0 fully saturated rings. The third-order valence-corrected chi connectivity index (χ3v) is 2.69. The van der Waals surface area contributed by atoms with Crippen molar-refractivity contribution in [2.75, 3.05) is 5.32 Å². The van der Waals surface area contributed by atoms with Gasteiger partial charge in [-0.1, -0.05) is 0 Å². The fourth-order valence-corrected chi connectivity index (χ4v) is 1.55. The molecular weight excluding hydrogens is 254 g/mol. The van der Waals surface area contributed by atoms with Gasteiger partial charge in [0.2, 0.25) is 0 Å². The minimum absolute atomic E-state index is 0.800. The summed E-state index contributed by atoms with van der Waals surface area (Å²) in [7, 11) is 0. The Morgan fingerprint density at radius 3 is 2.87 bits per heavy atom. The third kappa shape index (κ3) is 2.33. The molecule has 0 aliphatic rings. The van der Waals surface area contributed by atoms with Gasteiger partial charge in [0.05, 0.1) is 16.4 Å². The second-order valence-corrected chi connectivity index (χ2v) is 4.00. The molecule has 2 rings (SSSR count). The Morgan fingerprint density at radius 2 is 2.13 bits per heavy atom. The fraction of sp³-hybridized carbons (Fsp3) is 0.0909. The monoisotopic (exact) mass is 263 g/mol. The number of hydrogen-bond acceptors (Lipinski definition) is 3. The van der Waals surface area contributed by atoms with E-state index in [4.69, 9.17) is 0 Å². The first-order valence-electron chi connectivity index (χ1n) is 4.55. The standard InChI is InChI=1S/C11H10BrN3/c1-8-4-6-13-7-10(8)15-11-9(12)3-2-5-14-11/h2-7H,1H3,(H,14,15). The van der Waals surface area contributed by atoms with Gasteiger partial charge in [-0.15, -0.1) is 0 Å². The summed E-state index contributed by atoms with van der Waals surface area (Å²) in [6, 6.07) is 5.78. The molecule has 2 aromatic rings. The van der Waals surface area contributed by atoms with Crippen molar-refractivity contribution >= 4 is 27.4 Å². The van der Waals surface area contributed by atoms with Gasteiger partial charge in [0.1, 0.15) is 5.82 Å². The highest BCUT2D eigenvalue weighted by atomic mass is 79.9. The Labute approximate surface area is 96.7 Å². The van der Waals surface area contributed by atoms with Gasteiger partial charge in [-0.2, -0.15) is 0 Å². The number of rotatable bonds is 2. The summed E-state index contributed by atoms with van der Waals surface area (Å²) >= 11 is 3.43. The summed E-state index contributed by atoms with van der Waals surface area (Å²) in [6.07, 6.45) is 5.31. The van der Waals surface area contributed by atoms with Crippen LogP contribution in [-0.2, 0) is 0 Å². The van der Waals surface area contributed by atoms with E-state index in [1.54, 1.807) is 18.6 Å². The maximum Gasteiger partial charge on any atom is 0.144 e. The molecule has 0 aliphatic carbocycles. The van der Waals surface area contributed by atoms with Crippen molar-refractivity contribution in [1.82, 2.24) is 9.97 Å². The summed E-state index contributed by atoms with van der Waals surface area (Å²) in [6.45, 7) is 2.03. The van der Waals surface area contributed by atoms with Gasteiger partial charge in [-0.25, -0.2) is 4.98 Å². The minimum atomic E-state index is 0.800. The molecule has 0 atom stereocenters. The number of aromatic nitrogens is 2. The van der Waals surface area contributed by atoms with Crippen LogP contribution in [-0.4, -0.2) is 9.97 Å². The van der Waals surface area contributed by atoms with Gasteiger partial charge in [0.15, 0.2) is 0 Å². The van der Waals surface area contributed by atoms with Crippen molar-refractivity contribution in [3.05, 3.63) is 46.8 Å². The number of nitrogens with one attached hydrogen (secondary N) is 1. The van der Waals surface area contributed by atoms with Crippen LogP contribution in [0.25, 0.3) is 0 Å². The van der Waals surface area contributed by atoms with Crippen LogP contribution < -0.4 is 5.32 Å². The number of aryl methyl sites for hydroxylation is 1. The molecular formula is C11H10BrN3. The average molecular weight is 264 g/mol. The zero-order chi connectivity index (χ0) is 10.7. The number of nitrogens with zero attached hydrogens (tertiary/aromatic N) is 2. The zero-order valence-electron chi connectivity index (χ0n) is 8.24. The summed E-state index contributed by atoms with van der Waals surface area (Å²) in [5, 5.41) is 3.22. The summed E-state index contributed by atoms with van der Waals surface area (Å²) < 4.78 is 0.938. The van der Waals surface area contributed by atoms with Crippen molar-refractivity contribution in [1.29, 1.82) is 0 Å². The first-order valence-corrected chi connectivity index (χ1v) is 5.35. The highest BCUT2D eigenvalue weighted by molar-refractivity contribution is 9.10. The molecule has 0 aliphatic heterocycles. The lowest BCUT2D eigenvalue weighted by molar-refractivity contribution is 1.24. The molecule has 2 aromatic heterocycles. The topological polar surface area (TPSA) is 37.8 Å². The van der Waals surface area contributed by atoms with E-state index in [9.17, 15) is 0 Å².